The second-order valence-electron chi connectivity index (χ2n) is 7.60. The number of hydrogen-bond acceptors (Lipinski definition) is 2. The number of carbonyl (C=O) groups is 2. The smallest absolute Gasteiger partial charge is 0.366 e. The van der Waals surface area contributed by atoms with Crippen molar-refractivity contribution in [1.29, 1.82) is 0 Å². The van der Waals surface area contributed by atoms with Gasteiger partial charge in [-0.1, -0.05) is 18.2 Å². The Labute approximate surface area is 182 Å². The lowest BCUT2D eigenvalue weighted by Crippen LogP contribution is -2.39. The van der Waals surface area contributed by atoms with Crippen molar-refractivity contribution in [2.75, 3.05) is 11.9 Å². The normalized spacial score (nSPS) is 13.6. The third-order valence-corrected chi connectivity index (χ3v) is 5.60. The Morgan fingerprint density at radius 3 is 2.28 bits per heavy atom. The van der Waals surface area contributed by atoms with Gasteiger partial charge in [0.15, 0.2) is 0 Å². The predicted molar refractivity (Wildman–Crippen MR) is 114 cm³/mol. The van der Waals surface area contributed by atoms with Crippen LogP contribution in [0.1, 0.15) is 32.9 Å². The van der Waals surface area contributed by atoms with Crippen LogP contribution < -0.4 is 11.1 Å². The third kappa shape index (κ3) is 3.93. The number of carbonyl (C=O) groups excluding carboxylic acids is 2. The molecule has 3 N–H and O–H groups in total. The van der Waals surface area contributed by atoms with E-state index in [1.165, 1.54) is 17.0 Å². The summed E-state index contributed by atoms with van der Waals surface area (Å²) in [5.41, 5.74) is 8.72. The van der Waals surface area contributed by atoms with Crippen LogP contribution >= 0.6 is 0 Å². The molecule has 2 heterocycles. The molecule has 1 aromatic heterocycles. The summed E-state index contributed by atoms with van der Waals surface area (Å²) in [5.74, 6) is -0.571. The van der Waals surface area contributed by atoms with Crippen LogP contribution in [0.2, 0.25) is 0 Å². The number of alkyl halides is 3. The van der Waals surface area contributed by atoms with Crippen molar-refractivity contribution in [3.05, 3.63) is 82.7 Å². The first-order valence-electron chi connectivity index (χ1n) is 9.98. The van der Waals surface area contributed by atoms with Gasteiger partial charge in [0.25, 0.3) is 5.91 Å². The van der Waals surface area contributed by atoms with Crippen molar-refractivity contribution >= 4 is 17.6 Å². The molecule has 32 heavy (non-hydrogen) atoms. The molecule has 166 valence electrons. The van der Waals surface area contributed by atoms with E-state index in [9.17, 15) is 22.8 Å². The standard InChI is InChI=1S/C23H21F3N4O2/c1-14-20(21(27)31)18-13-29(12-11-19(18)30(14)17-5-3-2-4-6-17)22(32)28-16-9-7-15(8-10-16)23(24,25)26/h2-10H,11-13H2,1H3,(H2,27,31)(H,28,32). The van der Waals surface area contributed by atoms with E-state index in [-0.39, 0.29) is 12.2 Å². The molecule has 0 bridgehead atoms. The van der Waals surface area contributed by atoms with E-state index in [1.54, 1.807) is 0 Å². The number of anilines is 1. The fraction of sp³-hybridized carbons (Fsp3) is 0.217. The van der Waals surface area contributed by atoms with E-state index in [0.717, 1.165) is 23.5 Å². The lowest BCUT2D eigenvalue weighted by atomic mass is 10.0. The minimum atomic E-state index is -4.44. The van der Waals surface area contributed by atoms with Gasteiger partial charge in [0.1, 0.15) is 0 Å². The fourth-order valence-corrected chi connectivity index (χ4v) is 4.13. The van der Waals surface area contributed by atoms with E-state index < -0.39 is 23.7 Å². The number of aromatic nitrogens is 1. The van der Waals surface area contributed by atoms with Crippen LogP contribution in [0.4, 0.5) is 23.7 Å². The lowest BCUT2D eigenvalue weighted by Gasteiger charge is -2.28. The Bertz CT molecular complexity index is 1170. The number of halogens is 3. The summed E-state index contributed by atoms with van der Waals surface area (Å²) in [6, 6.07) is 13.4. The maximum atomic E-state index is 12.8. The van der Waals surface area contributed by atoms with Crippen LogP contribution in [0.5, 0.6) is 0 Å². The molecule has 2 aromatic carbocycles. The van der Waals surface area contributed by atoms with Gasteiger partial charge in [0.2, 0.25) is 0 Å². The van der Waals surface area contributed by atoms with Gasteiger partial charge in [-0.3, -0.25) is 4.79 Å². The molecule has 0 aliphatic carbocycles. The second kappa shape index (κ2) is 8.07. The van der Waals surface area contributed by atoms with Crippen molar-refractivity contribution in [2.24, 2.45) is 5.73 Å². The van der Waals surface area contributed by atoms with Crippen molar-refractivity contribution < 1.29 is 22.8 Å². The number of benzene rings is 2. The van der Waals surface area contributed by atoms with E-state index in [1.807, 2.05) is 41.8 Å². The number of hydrogen-bond donors (Lipinski definition) is 2. The summed E-state index contributed by atoms with van der Waals surface area (Å²) in [7, 11) is 0. The van der Waals surface area contributed by atoms with Crippen LogP contribution in [0.15, 0.2) is 54.6 Å². The maximum absolute atomic E-state index is 12.8. The molecule has 0 saturated heterocycles. The average Bonchev–Trinajstić information content (AvgIpc) is 3.05. The number of rotatable bonds is 3. The Hall–Kier alpha value is -3.75. The van der Waals surface area contributed by atoms with Crippen LogP contribution in [0, 0.1) is 6.92 Å². The van der Waals surface area contributed by atoms with Crippen LogP contribution in [-0.2, 0) is 19.1 Å². The molecule has 0 saturated carbocycles. The van der Waals surface area contributed by atoms with Crippen molar-refractivity contribution in [2.45, 2.75) is 26.1 Å². The van der Waals surface area contributed by atoms with Crippen LogP contribution in [0.25, 0.3) is 5.69 Å². The topological polar surface area (TPSA) is 80.4 Å². The number of nitrogens with zero attached hydrogens (tertiary/aromatic N) is 2. The molecule has 3 aromatic rings. The van der Waals surface area contributed by atoms with Crippen LogP contribution in [0.3, 0.4) is 0 Å². The first-order chi connectivity index (χ1) is 15.2. The van der Waals surface area contributed by atoms with Crippen molar-refractivity contribution in [3.8, 4) is 5.69 Å². The highest BCUT2D eigenvalue weighted by molar-refractivity contribution is 5.97. The zero-order chi connectivity index (χ0) is 23.0. The van der Waals surface area contributed by atoms with Gasteiger partial charge >= 0.3 is 12.2 Å². The molecule has 6 nitrogen and oxygen atoms in total. The highest BCUT2D eigenvalue weighted by atomic mass is 19.4. The molecule has 0 atom stereocenters. The molecule has 4 rings (SSSR count). The molecule has 0 radical (unpaired) electrons. The first-order valence-corrected chi connectivity index (χ1v) is 9.98. The molecule has 0 unspecified atom stereocenters. The van der Waals surface area contributed by atoms with Gasteiger partial charge in [-0.25, -0.2) is 4.79 Å². The van der Waals surface area contributed by atoms with Gasteiger partial charge in [-0.2, -0.15) is 13.2 Å². The Morgan fingerprint density at radius 1 is 1.03 bits per heavy atom. The third-order valence-electron chi connectivity index (χ3n) is 5.60. The average molecular weight is 442 g/mol. The van der Waals surface area contributed by atoms with E-state index >= 15 is 0 Å². The van der Waals surface area contributed by atoms with Crippen molar-refractivity contribution in [1.82, 2.24) is 9.47 Å². The quantitative estimate of drug-likeness (QED) is 0.627. The Kier molecular flexibility index (Phi) is 5.41. The minimum absolute atomic E-state index is 0.167. The highest BCUT2D eigenvalue weighted by Crippen LogP contribution is 2.32. The maximum Gasteiger partial charge on any atom is 0.416 e. The van der Waals surface area contributed by atoms with Gasteiger partial charge < -0.3 is 20.5 Å². The first kappa shape index (κ1) is 21.5. The summed E-state index contributed by atoms with van der Waals surface area (Å²) < 4.78 is 40.2. The molecule has 9 heteroatoms. The summed E-state index contributed by atoms with van der Waals surface area (Å²) in [6.07, 6.45) is -3.94. The number of urea groups is 1. The van der Waals surface area contributed by atoms with Crippen LogP contribution in [-0.4, -0.2) is 28.0 Å². The molecule has 1 aliphatic rings. The fourth-order valence-electron chi connectivity index (χ4n) is 4.13. The highest BCUT2D eigenvalue weighted by Gasteiger charge is 2.32. The minimum Gasteiger partial charge on any atom is -0.366 e. The molecule has 3 amide bonds. The molecule has 0 spiro atoms. The largest absolute Gasteiger partial charge is 0.416 e. The lowest BCUT2D eigenvalue weighted by molar-refractivity contribution is -0.137. The summed E-state index contributed by atoms with van der Waals surface area (Å²) in [4.78, 5) is 26.5. The Morgan fingerprint density at radius 2 is 1.69 bits per heavy atom. The van der Waals surface area contributed by atoms with Gasteiger partial charge in [0.05, 0.1) is 17.7 Å². The van der Waals surface area contributed by atoms with Gasteiger partial charge in [-0.05, 0) is 43.3 Å². The Balaban J connectivity index is 1.59. The predicted octanol–water partition coefficient (Wildman–Crippen LogP) is 4.49. The number of primary amides is 1. The number of amides is 3. The molecular weight excluding hydrogens is 421 g/mol. The summed E-state index contributed by atoms with van der Waals surface area (Å²) in [6.45, 7) is 2.37. The zero-order valence-electron chi connectivity index (χ0n) is 17.2. The van der Waals surface area contributed by atoms with Gasteiger partial charge in [-0.15, -0.1) is 0 Å². The number of para-hydroxylation sites is 1. The van der Waals surface area contributed by atoms with E-state index in [0.29, 0.717) is 29.8 Å². The monoisotopic (exact) mass is 442 g/mol. The second-order valence-corrected chi connectivity index (χ2v) is 7.60. The van der Waals surface area contributed by atoms with E-state index in [2.05, 4.69) is 5.32 Å². The van der Waals surface area contributed by atoms with Gasteiger partial charge in [0, 0.05) is 41.3 Å². The summed E-state index contributed by atoms with van der Waals surface area (Å²) >= 11 is 0. The molecule has 1 aliphatic heterocycles. The molecular formula is C23H21F3N4O2. The number of fused-ring (bicyclic) bond motifs is 1. The number of nitrogens with one attached hydrogen (secondary N) is 1. The zero-order valence-corrected chi connectivity index (χ0v) is 17.2. The van der Waals surface area contributed by atoms with E-state index in [4.69, 9.17) is 5.73 Å². The number of nitrogens with two attached hydrogens (primary N) is 1. The molecule has 0 fully saturated rings. The van der Waals surface area contributed by atoms with Crippen molar-refractivity contribution in [3.63, 3.8) is 0 Å². The SMILES string of the molecule is Cc1c(C(N)=O)c2c(n1-c1ccccc1)CCN(C(=O)Nc1ccc(C(F)(F)F)cc1)C2. The summed E-state index contributed by atoms with van der Waals surface area (Å²) in [5, 5.41) is 2.62.